The molecule has 1 aromatic carbocycles. The van der Waals surface area contributed by atoms with Crippen molar-refractivity contribution in [3.05, 3.63) is 36.0 Å². The fraction of sp³-hybridized carbons (Fsp3) is 0.500. The Morgan fingerprint density at radius 2 is 1.56 bits per heavy atom. The summed E-state index contributed by atoms with van der Waals surface area (Å²) in [6.07, 6.45) is 2.58. The SMILES string of the molecule is CC(C)CC(NC(=O)C(Cc1c[nH]c2ccccc12)NC(=O)C(C)N)C(=O)NC(CCCN=C(N)N)C(=O)O. The number of hydrogen-bond acceptors (Lipinski definition) is 6. The van der Waals surface area contributed by atoms with Crippen LogP contribution < -0.4 is 33.2 Å². The number of aromatic nitrogens is 1. The van der Waals surface area contributed by atoms with Crippen LogP contribution in [0.15, 0.2) is 35.5 Å². The minimum Gasteiger partial charge on any atom is -0.480 e. The molecule has 214 valence electrons. The smallest absolute Gasteiger partial charge is 0.326 e. The summed E-state index contributed by atoms with van der Waals surface area (Å²) in [5, 5.41) is 18.4. The van der Waals surface area contributed by atoms with Gasteiger partial charge in [-0.15, -0.1) is 0 Å². The van der Waals surface area contributed by atoms with Crippen LogP contribution in [-0.4, -0.2) is 70.5 Å². The zero-order valence-electron chi connectivity index (χ0n) is 22.6. The number of fused-ring (bicyclic) bond motifs is 1. The highest BCUT2D eigenvalue weighted by atomic mass is 16.4. The lowest BCUT2D eigenvalue weighted by molar-refractivity contribution is -0.142. The second kappa shape index (κ2) is 14.7. The summed E-state index contributed by atoms with van der Waals surface area (Å²) in [5.74, 6) is -3.08. The number of H-pyrrole nitrogens is 1. The number of carboxylic acids is 1. The number of nitrogens with two attached hydrogens (primary N) is 3. The first-order valence-corrected chi connectivity index (χ1v) is 12.9. The molecule has 2 aromatic rings. The molecule has 11 N–H and O–H groups in total. The Balaban J connectivity index is 2.21. The van der Waals surface area contributed by atoms with Gasteiger partial charge < -0.3 is 43.2 Å². The van der Waals surface area contributed by atoms with E-state index >= 15 is 0 Å². The topological polar surface area (TPSA) is 231 Å². The van der Waals surface area contributed by atoms with Crippen molar-refractivity contribution in [1.82, 2.24) is 20.9 Å². The van der Waals surface area contributed by atoms with Crippen molar-refractivity contribution in [2.75, 3.05) is 6.54 Å². The van der Waals surface area contributed by atoms with E-state index in [0.29, 0.717) is 6.42 Å². The predicted octanol–water partition coefficient (Wildman–Crippen LogP) is -0.304. The highest BCUT2D eigenvalue weighted by molar-refractivity contribution is 5.94. The molecule has 4 atom stereocenters. The Morgan fingerprint density at radius 3 is 2.18 bits per heavy atom. The van der Waals surface area contributed by atoms with E-state index in [-0.39, 0.29) is 37.7 Å². The van der Waals surface area contributed by atoms with Gasteiger partial charge in [-0.25, -0.2) is 4.79 Å². The van der Waals surface area contributed by atoms with Crippen LogP contribution in [0.1, 0.15) is 45.6 Å². The van der Waals surface area contributed by atoms with Gasteiger partial charge in [0.2, 0.25) is 17.7 Å². The van der Waals surface area contributed by atoms with E-state index in [2.05, 4.69) is 25.9 Å². The Kier molecular flexibility index (Phi) is 11.7. The summed E-state index contributed by atoms with van der Waals surface area (Å²) in [7, 11) is 0. The van der Waals surface area contributed by atoms with E-state index in [9.17, 15) is 24.3 Å². The van der Waals surface area contributed by atoms with Crippen LogP contribution >= 0.6 is 0 Å². The van der Waals surface area contributed by atoms with Crippen molar-refractivity contribution in [2.24, 2.45) is 28.1 Å². The lowest BCUT2D eigenvalue weighted by Crippen LogP contribution is -2.57. The van der Waals surface area contributed by atoms with Gasteiger partial charge in [0.05, 0.1) is 6.04 Å². The Hall–Kier alpha value is -4.13. The number of aliphatic carboxylic acids is 1. The van der Waals surface area contributed by atoms with Crippen LogP contribution in [0.3, 0.4) is 0 Å². The Labute approximate surface area is 227 Å². The van der Waals surface area contributed by atoms with E-state index in [4.69, 9.17) is 17.2 Å². The summed E-state index contributed by atoms with van der Waals surface area (Å²) in [4.78, 5) is 57.7. The Bertz CT molecular complexity index is 1170. The van der Waals surface area contributed by atoms with E-state index in [1.54, 1.807) is 6.20 Å². The molecule has 0 bridgehead atoms. The Morgan fingerprint density at radius 1 is 0.949 bits per heavy atom. The first-order chi connectivity index (χ1) is 18.4. The molecule has 3 amide bonds. The molecular weight excluding hydrogens is 504 g/mol. The molecule has 0 saturated carbocycles. The molecule has 1 aromatic heterocycles. The summed E-state index contributed by atoms with van der Waals surface area (Å²) >= 11 is 0. The van der Waals surface area contributed by atoms with Crippen molar-refractivity contribution in [3.63, 3.8) is 0 Å². The molecule has 0 aliphatic heterocycles. The van der Waals surface area contributed by atoms with Gasteiger partial charge in [0.15, 0.2) is 5.96 Å². The summed E-state index contributed by atoms with van der Waals surface area (Å²) in [5.41, 5.74) is 18.0. The van der Waals surface area contributed by atoms with Crippen molar-refractivity contribution >= 4 is 40.6 Å². The van der Waals surface area contributed by atoms with Gasteiger partial charge in [-0.1, -0.05) is 32.0 Å². The molecular formula is C26H40N8O5. The lowest BCUT2D eigenvalue weighted by Gasteiger charge is -2.26. The van der Waals surface area contributed by atoms with Gasteiger partial charge in [-0.2, -0.15) is 0 Å². The standard InChI is InChI=1S/C26H40N8O5/c1-14(2)11-20(23(36)32-19(25(38)39)9-6-10-30-26(28)29)34-24(37)21(33-22(35)15(3)27)12-16-13-31-18-8-5-4-7-17(16)18/h4-5,7-8,13-15,19-21,31H,6,9-12,27H2,1-3H3,(H,32,36)(H,33,35)(H,34,37)(H,38,39)(H4,28,29,30). The molecule has 1 heterocycles. The van der Waals surface area contributed by atoms with Crippen molar-refractivity contribution < 1.29 is 24.3 Å². The average Bonchev–Trinajstić information content (AvgIpc) is 3.26. The van der Waals surface area contributed by atoms with E-state index in [0.717, 1.165) is 16.5 Å². The number of carbonyl (C=O) groups is 4. The molecule has 0 fully saturated rings. The second-order valence-electron chi connectivity index (χ2n) is 9.95. The molecule has 4 unspecified atom stereocenters. The van der Waals surface area contributed by atoms with Crippen LogP contribution in [0.25, 0.3) is 10.9 Å². The predicted molar refractivity (Wildman–Crippen MR) is 148 cm³/mol. The molecule has 0 spiro atoms. The third-order valence-electron chi connectivity index (χ3n) is 6.05. The van der Waals surface area contributed by atoms with Crippen LogP contribution in [0.4, 0.5) is 0 Å². The number of carbonyl (C=O) groups excluding carboxylic acids is 3. The molecule has 2 rings (SSSR count). The van der Waals surface area contributed by atoms with E-state index < -0.39 is 47.9 Å². The number of hydrogen-bond donors (Lipinski definition) is 8. The normalized spacial score (nSPS) is 14.2. The minimum absolute atomic E-state index is 0.00285. The number of carboxylic acid groups (broad SMARTS) is 1. The lowest BCUT2D eigenvalue weighted by atomic mass is 10.00. The van der Waals surface area contributed by atoms with Crippen molar-refractivity contribution in [1.29, 1.82) is 0 Å². The van der Waals surface area contributed by atoms with Gasteiger partial charge in [0, 0.05) is 30.1 Å². The average molecular weight is 545 g/mol. The molecule has 13 nitrogen and oxygen atoms in total. The van der Waals surface area contributed by atoms with Gasteiger partial charge in [0.1, 0.15) is 18.1 Å². The van der Waals surface area contributed by atoms with Crippen LogP contribution in [0, 0.1) is 5.92 Å². The van der Waals surface area contributed by atoms with Crippen LogP contribution in [0.2, 0.25) is 0 Å². The number of para-hydroxylation sites is 1. The number of guanidine groups is 1. The third-order valence-corrected chi connectivity index (χ3v) is 6.05. The minimum atomic E-state index is -1.22. The number of amides is 3. The quantitative estimate of drug-likeness (QED) is 0.0840. The first-order valence-electron chi connectivity index (χ1n) is 12.9. The number of aromatic amines is 1. The fourth-order valence-corrected chi connectivity index (χ4v) is 4.04. The zero-order chi connectivity index (χ0) is 29.1. The largest absolute Gasteiger partial charge is 0.480 e. The molecule has 39 heavy (non-hydrogen) atoms. The van der Waals surface area contributed by atoms with E-state index in [1.807, 2.05) is 38.1 Å². The van der Waals surface area contributed by atoms with Crippen molar-refractivity contribution in [2.45, 2.75) is 70.6 Å². The second-order valence-corrected chi connectivity index (χ2v) is 9.95. The molecule has 0 aliphatic carbocycles. The summed E-state index contributed by atoms with van der Waals surface area (Å²) in [6.45, 7) is 5.46. The maximum Gasteiger partial charge on any atom is 0.326 e. The molecule has 0 radical (unpaired) electrons. The van der Waals surface area contributed by atoms with E-state index in [1.165, 1.54) is 6.92 Å². The molecule has 13 heteroatoms. The number of nitrogens with one attached hydrogen (secondary N) is 4. The number of benzene rings is 1. The highest BCUT2D eigenvalue weighted by Crippen LogP contribution is 2.19. The number of aliphatic imine (C=N–C) groups is 1. The maximum atomic E-state index is 13.4. The zero-order valence-corrected chi connectivity index (χ0v) is 22.6. The first kappa shape index (κ1) is 31.1. The van der Waals surface area contributed by atoms with Crippen molar-refractivity contribution in [3.8, 4) is 0 Å². The van der Waals surface area contributed by atoms with Crippen LogP contribution in [-0.2, 0) is 25.6 Å². The maximum absolute atomic E-state index is 13.4. The summed E-state index contributed by atoms with van der Waals surface area (Å²) in [6, 6.07) is 3.44. The van der Waals surface area contributed by atoms with Gasteiger partial charge in [-0.05, 0) is 43.7 Å². The van der Waals surface area contributed by atoms with Gasteiger partial charge in [-0.3, -0.25) is 19.4 Å². The fourth-order valence-electron chi connectivity index (χ4n) is 4.04. The van der Waals surface area contributed by atoms with Gasteiger partial charge in [0.25, 0.3) is 0 Å². The monoisotopic (exact) mass is 544 g/mol. The van der Waals surface area contributed by atoms with Gasteiger partial charge >= 0.3 is 5.97 Å². The number of nitrogens with zero attached hydrogens (tertiary/aromatic N) is 1. The highest BCUT2D eigenvalue weighted by Gasteiger charge is 2.30. The molecule has 0 aliphatic rings. The number of rotatable bonds is 15. The van der Waals surface area contributed by atoms with Crippen LogP contribution in [0.5, 0.6) is 0 Å². The third kappa shape index (κ3) is 9.93. The summed E-state index contributed by atoms with van der Waals surface area (Å²) < 4.78 is 0. The molecule has 0 saturated heterocycles.